The van der Waals surface area contributed by atoms with Crippen LogP contribution in [0.2, 0.25) is 0 Å². The molecule has 0 aromatic heterocycles. The molecule has 8 nitrogen and oxygen atoms in total. The fraction of sp³-hybridized carbons (Fsp3) is 0.923. The Morgan fingerprint density at radius 2 is 1.24 bits per heavy atom. The molecule has 0 aliphatic heterocycles. The van der Waals surface area contributed by atoms with Crippen LogP contribution in [0.5, 0.6) is 0 Å². The Morgan fingerprint density at radius 1 is 0.762 bits per heavy atom. The molecule has 1 N–H and O–H groups in total. The van der Waals surface area contributed by atoms with Crippen LogP contribution in [-0.2, 0) is 33.2 Å². The van der Waals surface area contributed by atoms with Gasteiger partial charge in [-0.15, -0.1) is 0 Å². The highest BCUT2D eigenvalue weighted by Gasteiger charge is 1.96. The maximum Gasteiger partial charge on any atom is 0.329 e. The molecule has 0 rings (SSSR count). The minimum Gasteiger partial charge on any atom is -0.480 e. The van der Waals surface area contributed by atoms with E-state index in [1.807, 2.05) is 0 Å². The summed E-state index contributed by atoms with van der Waals surface area (Å²) in [6, 6.07) is 0. The molecule has 126 valence electrons. The third-order valence-electron chi connectivity index (χ3n) is 2.12. The van der Waals surface area contributed by atoms with E-state index < -0.39 is 5.97 Å². The van der Waals surface area contributed by atoms with Gasteiger partial charge in [0.15, 0.2) is 0 Å². The van der Waals surface area contributed by atoms with Crippen LogP contribution in [-0.4, -0.2) is 84.4 Å². The number of carbonyl (C=O) groups is 1. The zero-order chi connectivity index (χ0) is 15.6. The molecule has 0 spiro atoms. The molecule has 0 amide bonds. The molecule has 0 saturated heterocycles. The summed E-state index contributed by atoms with van der Waals surface area (Å²) in [7, 11) is 1.57. The Bertz CT molecular complexity index is 224. The Labute approximate surface area is 125 Å². The van der Waals surface area contributed by atoms with Crippen molar-refractivity contribution in [2.24, 2.45) is 0 Å². The zero-order valence-electron chi connectivity index (χ0n) is 12.6. The fourth-order valence-electron chi connectivity index (χ4n) is 1.22. The SMILES string of the molecule is COCOCCOCCOCCOCCCOCC(=O)O. The van der Waals surface area contributed by atoms with Crippen LogP contribution in [0.4, 0.5) is 0 Å². The molecule has 0 saturated carbocycles. The second-order valence-electron chi connectivity index (χ2n) is 3.95. The topological polar surface area (TPSA) is 92.7 Å². The predicted molar refractivity (Wildman–Crippen MR) is 73.4 cm³/mol. The second-order valence-corrected chi connectivity index (χ2v) is 3.95. The number of aliphatic carboxylic acids is 1. The van der Waals surface area contributed by atoms with E-state index in [0.717, 1.165) is 0 Å². The van der Waals surface area contributed by atoms with Gasteiger partial charge in [0.25, 0.3) is 0 Å². The van der Waals surface area contributed by atoms with Gasteiger partial charge in [-0.1, -0.05) is 0 Å². The average Bonchev–Trinajstić information content (AvgIpc) is 2.46. The first-order chi connectivity index (χ1) is 10.3. The van der Waals surface area contributed by atoms with Gasteiger partial charge in [-0.3, -0.25) is 0 Å². The van der Waals surface area contributed by atoms with E-state index in [4.69, 9.17) is 33.5 Å². The van der Waals surface area contributed by atoms with Gasteiger partial charge >= 0.3 is 5.97 Å². The Balaban J connectivity index is 2.95. The number of hydrogen-bond donors (Lipinski definition) is 1. The number of carboxylic acids is 1. The minimum atomic E-state index is -0.961. The molecule has 0 aromatic carbocycles. The van der Waals surface area contributed by atoms with Crippen molar-refractivity contribution in [2.75, 3.05) is 73.4 Å². The summed E-state index contributed by atoms with van der Waals surface area (Å²) in [5.74, 6) is -0.961. The number of ether oxygens (including phenoxy) is 6. The zero-order valence-corrected chi connectivity index (χ0v) is 12.6. The summed E-state index contributed by atoms with van der Waals surface area (Å²) in [5, 5.41) is 8.33. The molecule has 0 aromatic rings. The molecule has 0 fully saturated rings. The Hall–Kier alpha value is -0.770. The van der Waals surface area contributed by atoms with Crippen molar-refractivity contribution < 1.29 is 38.3 Å². The first kappa shape index (κ1) is 20.2. The van der Waals surface area contributed by atoms with Crippen molar-refractivity contribution in [1.82, 2.24) is 0 Å². The maximum atomic E-state index is 10.2. The van der Waals surface area contributed by atoms with Gasteiger partial charge in [0.2, 0.25) is 0 Å². The lowest BCUT2D eigenvalue weighted by Crippen LogP contribution is -2.13. The van der Waals surface area contributed by atoms with E-state index in [1.54, 1.807) is 7.11 Å². The van der Waals surface area contributed by atoms with Crippen molar-refractivity contribution in [3.05, 3.63) is 0 Å². The van der Waals surface area contributed by atoms with E-state index >= 15 is 0 Å². The van der Waals surface area contributed by atoms with E-state index in [1.165, 1.54) is 0 Å². The summed E-state index contributed by atoms with van der Waals surface area (Å²) in [6.07, 6.45) is 0.665. The van der Waals surface area contributed by atoms with Gasteiger partial charge in [0, 0.05) is 20.3 Å². The summed E-state index contributed by atoms with van der Waals surface area (Å²) in [5.41, 5.74) is 0. The van der Waals surface area contributed by atoms with Gasteiger partial charge in [-0.25, -0.2) is 4.79 Å². The second kappa shape index (κ2) is 17.3. The lowest BCUT2D eigenvalue weighted by Gasteiger charge is -2.07. The molecule has 0 atom stereocenters. The molecular formula is C13H26O8. The highest BCUT2D eigenvalue weighted by Crippen LogP contribution is 1.87. The Morgan fingerprint density at radius 3 is 1.76 bits per heavy atom. The predicted octanol–water partition coefficient (Wildman–Crippen LogP) is 0.148. The van der Waals surface area contributed by atoms with Crippen LogP contribution in [0.15, 0.2) is 0 Å². The van der Waals surface area contributed by atoms with Crippen LogP contribution in [0, 0.1) is 0 Å². The smallest absolute Gasteiger partial charge is 0.329 e. The summed E-state index contributed by atoms with van der Waals surface area (Å²) in [6.45, 7) is 3.95. The highest BCUT2D eigenvalue weighted by molar-refractivity contribution is 5.67. The van der Waals surface area contributed by atoms with Crippen LogP contribution < -0.4 is 0 Å². The van der Waals surface area contributed by atoms with Crippen molar-refractivity contribution in [2.45, 2.75) is 6.42 Å². The lowest BCUT2D eigenvalue weighted by molar-refractivity contribution is -0.142. The quantitative estimate of drug-likeness (QED) is 0.300. The van der Waals surface area contributed by atoms with Gasteiger partial charge in [0.05, 0.1) is 39.6 Å². The number of carboxylic acid groups (broad SMARTS) is 1. The van der Waals surface area contributed by atoms with E-state index in [0.29, 0.717) is 59.3 Å². The minimum absolute atomic E-state index is 0.264. The van der Waals surface area contributed by atoms with Crippen LogP contribution in [0.3, 0.4) is 0 Å². The summed E-state index contributed by atoms with van der Waals surface area (Å²) >= 11 is 0. The molecule has 0 aliphatic carbocycles. The molecule has 8 heteroatoms. The average molecular weight is 310 g/mol. The van der Waals surface area contributed by atoms with Gasteiger partial charge in [-0.05, 0) is 6.42 Å². The molecular weight excluding hydrogens is 284 g/mol. The normalized spacial score (nSPS) is 10.9. The third-order valence-corrected chi connectivity index (χ3v) is 2.12. The Kier molecular flexibility index (Phi) is 16.6. The molecule has 0 radical (unpaired) electrons. The maximum absolute atomic E-state index is 10.2. The molecule has 0 bridgehead atoms. The van der Waals surface area contributed by atoms with Gasteiger partial charge < -0.3 is 33.5 Å². The van der Waals surface area contributed by atoms with Gasteiger partial charge in [0.1, 0.15) is 13.4 Å². The van der Waals surface area contributed by atoms with Crippen LogP contribution >= 0.6 is 0 Å². The molecule has 0 aliphatic rings. The molecule has 21 heavy (non-hydrogen) atoms. The summed E-state index contributed by atoms with van der Waals surface area (Å²) in [4.78, 5) is 10.2. The monoisotopic (exact) mass is 310 g/mol. The van der Waals surface area contributed by atoms with E-state index in [-0.39, 0.29) is 13.4 Å². The molecule has 0 unspecified atom stereocenters. The first-order valence-corrected chi connectivity index (χ1v) is 6.86. The highest BCUT2D eigenvalue weighted by atomic mass is 16.7. The van der Waals surface area contributed by atoms with Crippen LogP contribution in [0.25, 0.3) is 0 Å². The molecule has 0 heterocycles. The lowest BCUT2D eigenvalue weighted by atomic mass is 10.5. The van der Waals surface area contributed by atoms with Crippen molar-refractivity contribution in [3.63, 3.8) is 0 Å². The van der Waals surface area contributed by atoms with Gasteiger partial charge in [-0.2, -0.15) is 0 Å². The first-order valence-electron chi connectivity index (χ1n) is 6.86. The standard InChI is InChI=1S/C13H26O8/c1-16-12-21-10-9-19-8-7-18-6-5-17-3-2-4-20-11-13(14)15/h2-12H2,1H3,(H,14,15). The largest absolute Gasteiger partial charge is 0.480 e. The summed E-state index contributed by atoms with van der Waals surface area (Å²) < 4.78 is 30.5. The number of methoxy groups -OCH3 is 1. The van der Waals surface area contributed by atoms with Crippen molar-refractivity contribution in [1.29, 1.82) is 0 Å². The van der Waals surface area contributed by atoms with Crippen LogP contribution in [0.1, 0.15) is 6.42 Å². The number of rotatable bonds is 17. The third kappa shape index (κ3) is 19.2. The fourth-order valence-corrected chi connectivity index (χ4v) is 1.22. The number of hydrogen-bond acceptors (Lipinski definition) is 7. The van der Waals surface area contributed by atoms with Crippen molar-refractivity contribution in [3.8, 4) is 0 Å². The van der Waals surface area contributed by atoms with E-state index in [9.17, 15) is 4.79 Å². The van der Waals surface area contributed by atoms with E-state index in [2.05, 4.69) is 0 Å². The van der Waals surface area contributed by atoms with Crippen molar-refractivity contribution >= 4 is 5.97 Å².